The number of ether oxygens (including phenoxy) is 2. The van der Waals surface area contributed by atoms with Crippen LogP contribution in [0.3, 0.4) is 0 Å². The number of carbonyl (C=O) groups excluding carboxylic acids is 1. The molecule has 0 unspecified atom stereocenters. The first-order valence-electron chi connectivity index (χ1n) is 11.2. The smallest absolute Gasteiger partial charge is 0.264 e. The molecule has 3 rings (SSSR count). The van der Waals surface area contributed by atoms with Crippen molar-refractivity contribution in [2.45, 2.75) is 50.5 Å². The van der Waals surface area contributed by atoms with Crippen LogP contribution in [0.5, 0.6) is 11.5 Å². The summed E-state index contributed by atoms with van der Waals surface area (Å²) in [7, 11) is -2.46. The maximum absolute atomic E-state index is 13.5. The van der Waals surface area contributed by atoms with Crippen molar-refractivity contribution in [3.63, 3.8) is 0 Å². The average molecular weight is 495 g/mol. The van der Waals surface area contributed by atoms with Gasteiger partial charge in [0.25, 0.3) is 15.9 Å². The number of halogens is 1. The van der Waals surface area contributed by atoms with Gasteiger partial charge < -0.3 is 14.8 Å². The van der Waals surface area contributed by atoms with E-state index in [-0.39, 0.29) is 17.3 Å². The molecule has 0 aliphatic carbocycles. The molecule has 1 N–H and O–H groups in total. The summed E-state index contributed by atoms with van der Waals surface area (Å²) in [6, 6.07) is 10.8. The van der Waals surface area contributed by atoms with Crippen LogP contribution in [0.1, 0.15) is 39.5 Å². The normalized spacial score (nSPS) is 16.5. The maximum Gasteiger partial charge on any atom is 0.264 e. The highest BCUT2D eigenvalue weighted by Crippen LogP contribution is 2.39. The molecule has 0 fully saturated rings. The lowest BCUT2D eigenvalue weighted by Gasteiger charge is -2.35. The van der Waals surface area contributed by atoms with Gasteiger partial charge >= 0.3 is 0 Å². The van der Waals surface area contributed by atoms with Crippen molar-refractivity contribution in [1.29, 1.82) is 0 Å². The number of nitrogens with zero attached hydrogens (tertiary/aromatic N) is 1. The predicted molar refractivity (Wildman–Crippen MR) is 130 cm³/mol. The fourth-order valence-electron chi connectivity index (χ4n) is 3.77. The molecule has 180 valence electrons. The Morgan fingerprint density at radius 2 is 1.97 bits per heavy atom. The third-order valence-corrected chi connectivity index (χ3v) is 7.87. The summed E-state index contributed by atoms with van der Waals surface area (Å²) in [4.78, 5) is 13.0. The number of anilines is 1. The Bertz CT molecular complexity index is 1060. The lowest BCUT2D eigenvalue weighted by atomic mass is 9.99. The van der Waals surface area contributed by atoms with Gasteiger partial charge in [0.15, 0.2) is 6.10 Å². The predicted octanol–water partition coefficient (Wildman–Crippen LogP) is 4.64. The van der Waals surface area contributed by atoms with Crippen LogP contribution in [-0.4, -0.2) is 40.6 Å². The second-order valence-corrected chi connectivity index (χ2v) is 10.4. The minimum absolute atomic E-state index is 0.0842. The quantitative estimate of drug-likeness (QED) is 0.520. The first-order chi connectivity index (χ1) is 15.8. The standard InChI is InChI=1S/C24H31ClN2O5S/c1-4-6-7-17(5-2)15-26-24(28)23-16-27(21-14-18(25)8-13-22(21)32-23)33(29,30)20-11-9-19(31-3)10-12-20/h8-14,17,23H,4-7,15-16H2,1-3H3,(H,26,28)/t17-,23-/m1/s1. The van der Waals surface area contributed by atoms with Gasteiger partial charge in [-0.3, -0.25) is 9.10 Å². The summed E-state index contributed by atoms with van der Waals surface area (Å²) >= 11 is 6.15. The van der Waals surface area contributed by atoms with E-state index in [2.05, 4.69) is 19.2 Å². The van der Waals surface area contributed by atoms with Crippen molar-refractivity contribution in [3.05, 3.63) is 47.5 Å². The molecule has 0 saturated heterocycles. The first-order valence-corrected chi connectivity index (χ1v) is 13.0. The zero-order chi connectivity index (χ0) is 24.0. The summed E-state index contributed by atoms with van der Waals surface area (Å²) in [5, 5.41) is 3.33. The summed E-state index contributed by atoms with van der Waals surface area (Å²) in [6.45, 7) is 4.63. The number of methoxy groups -OCH3 is 1. The fraction of sp³-hybridized carbons (Fsp3) is 0.458. The molecule has 0 radical (unpaired) electrons. The van der Waals surface area contributed by atoms with E-state index in [0.29, 0.717) is 34.7 Å². The van der Waals surface area contributed by atoms with E-state index in [0.717, 1.165) is 25.7 Å². The van der Waals surface area contributed by atoms with Crippen molar-refractivity contribution < 1.29 is 22.7 Å². The largest absolute Gasteiger partial charge is 0.497 e. The van der Waals surface area contributed by atoms with Gasteiger partial charge in [-0.2, -0.15) is 0 Å². The molecule has 0 aromatic heterocycles. The molecule has 2 atom stereocenters. The number of fused-ring (bicyclic) bond motifs is 1. The molecule has 9 heteroatoms. The summed E-state index contributed by atoms with van der Waals surface area (Å²) in [5.41, 5.74) is 0.303. The van der Waals surface area contributed by atoms with Crippen molar-refractivity contribution in [1.82, 2.24) is 5.32 Å². The van der Waals surface area contributed by atoms with E-state index in [1.807, 2.05) is 0 Å². The van der Waals surface area contributed by atoms with Crippen LogP contribution in [0, 0.1) is 5.92 Å². The zero-order valence-corrected chi connectivity index (χ0v) is 20.8. The van der Waals surface area contributed by atoms with Gasteiger partial charge in [-0.15, -0.1) is 0 Å². The van der Waals surface area contributed by atoms with Crippen LogP contribution in [0.2, 0.25) is 5.02 Å². The van der Waals surface area contributed by atoms with Crippen LogP contribution >= 0.6 is 11.6 Å². The summed E-state index contributed by atoms with van der Waals surface area (Å²) in [6.07, 6.45) is 3.24. The number of carbonyl (C=O) groups is 1. The summed E-state index contributed by atoms with van der Waals surface area (Å²) < 4.78 is 39.2. The Balaban J connectivity index is 1.85. The molecular formula is C24H31ClN2O5S. The van der Waals surface area contributed by atoms with Gasteiger partial charge in [0.1, 0.15) is 11.5 Å². The van der Waals surface area contributed by atoms with E-state index in [4.69, 9.17) is 21.1 Å². The van der Waals surface area contributed by atoms with E-state index in [1.165, 1.54) is 29.6 Å². The molecule has 0 saturated carbocycles. The maximum atomic E-state index is 13.5. The minimum atomic E-state index is -3.97. The monoisotopic (exact) mass is 494 g/mol. The molecular weight excluding hydrogens is 464 g/mol. The number of hydrogen-bond acceptors (Lipinski definition) is 5. The van der Waals surface area contributed by atoms with Gasteiger partial charge in [-0.1, -0.05) is 44.7 Å². The number of hydrogen-bond donors (Lipinski definition) is 1. The molecule has 0 bridgehead atoms. The highest BCUT2D eigenvalue weighted by molar-refractivity contribution is 7.92. The molecule has 33 heavy (non-hydrogen) atoms. The number of amides is 1. The topological polar surface area (TPSA) is 84.9 Å². The highest BCUT2D eigenvalue weighted by Gasteiger charge is 2.37. The molecule has 0 spiro atoms. The number of rotatable bonds is 10. The second kappa shape index (κ2) is 11.1. The lowest BCUT2D eigenvalue weighted by molar-refractivity contribution is -0.127. The molecule has 1 amide bonds. The fourth-order valence-corrected chi connectivity index (χ4v) is 5.40. The molecule has 7 nitrogen and oxygen atoms in total. The Labute approximate surface area is 201 Å². The van der Waals surface area contributed by atoms with Gasteiger partial charge in [-0.25, -0.2) is 8.42 Å². The number of sulfonamides is 1. The van der Waals surface area contributed by atoms with Gasteiger partial charge in [0.2, 0.25) is 0 Å². The average Bonchev–Trinajstić information content (AvgIpc) is 2.83. The number of benzene rings is 2. The van der Waals surface area contributed by atoms with Gasteiger partial charge in [-0.05, 0) is 54.8 Å². The van der Waals surface area contributed by atoms with Crippen LogP contribution in [0.25, 0.3) is 0 Å². The van der Waals surface area contributed by atoms with Gasteiger partial charge in [0, 0.05) is 11.6 Å². The number of nitrogens with one attached hydrogen (secondary N) is 1. The van der Waals surface area contributed by atoms with Crippen molar-refractivity contribution in [2.24, 2.45) is 5.92 Å². The third kappa shape index (κ3) is 5.92. The highest BCUT2D eigenvalue weighted by atomic mass is 35.5. The van der Waals surface area contributed by atoms with E-state index in [9.17, 15) is 13.2 Å². The molecule has 1 heterocycles. The van der Waals surface area contributed by atoms with Crippen LogP contribution < -0.4 is 19.1 Å². The lowest BCUT2D eigenvalue weighted by Crippen LogP contribution is -2.51. The van der Waals surface area contributed by atoms with Crippen LogP contribution in [0.15, 0.2) is 47.4 Å². The van der Waals surface area contributed by atoms with E-state index < -0.39 is 16.1 Å². The van der Waals surface area contributed by atoms with Crippen molar-refractivity contribution in [2.75, 3.05) is 24.5 Å². The molecule has 1 aliphatic heterocycles. The van der Waals surface area contributed by atoms with Crippen molar-refractivity contribution >= 4 is 33.2 Å². The SMILES string of the molecule is CCCC[C@@H](CC)CNC(=O)[C@H]1CN(S(=O)(=O)c2ccc(OC)cc2)c2cc(Cl)ccc2O1. The Hall–Kier alpha value is -2.45. The molecule has 2 aromatic rings. The second-order valence-electron chi connectivity index (χ2n) is 8.09. The van der Waals surface area contributed by atoms with E-state index >= 15 is 0 Å². The first kappa shape index (κ1) is 25.2. The molecule has 1 aliphatic rings. The number of unbranched alkanes of at least 4 members (excludes halogenated alkanes) is 1. The Morgan fingerprint density at radius 1 is 1.24 bits per heavy atom. The van der Waals surface area contributed by atoms with Gasteiger partial charge in [0.05, 0.1) is 24.2 Å². The van der Waals surface area contributed by atoms with E-state index in [1.54, 1.807) is 24.3 Å². The Kier molecular flexibility index (Phi) is 8.48. The minimum Gasteiger partial charge on any atom is -0.497 e. The van der Waals surface area contributed by atoms with Crippen LogP contribution in [0.4, 0.5) is 5.69 Å². The Morgan fingerprint density at radius 3 is 2.61 bits per heavy atom. The summed E-state index contributed by atoms with van der Waals surface area (Å²) in [5.74, 6) is 0.884. The third-order valence-electron chi connectivity index (χ3n) is 5.84. The molecule has 2 aromatic carbocycles. The van der Waals surface area contributed by atoms with Crippen molar-refractivity contribution in [3.8, 4) is 11.5 Å². The van der Waals surface area contributed by atoms with Crippen LogP contribution in [-0.2, 0) is 14.8 Å². The zero-order valence-electron chi connectivity index (χ0n) is 19.2.